The van der Waals surface area contributed by atoms with Crippen LogP contribution in [0, 0.1) is 5.82 Å². The highest BCUT2D eigenvalue weighted by Crippen LogP contribution is 2.47. The van der Waals surface area contributed by atoms with E-state index in [1.165, 1.54) is 26.4 Å². The minimum absolute atomic E-state index is 0.115. The van der Waals surface area contributed by atoms with Gasteiger partial charge in [0.05, 0.1) is 14.2 Å². The van der Waals surface area contributed by atoms with Crippen LogP contribution in [-0.2, 0) is 10.3 Å². The first-order valence-electron chi connectivity index (χ1n) is 6.18. The molecule has 0 N–H and O–H groups in total. The molecule has 4 nitrogen and oxygen atoms in total. The van der Waals surface area contributed by atoms with Crippen molar-refractivity contribution in [2.75, 3.05) is 14.2 Å². The molecule has 0 saturated heterocycles. The molecule has 2 rings (SSSR count). The van der Waals surface area contributed by atoms with E-state index in [4.69, 9.17) is 9.47 Å². The summed E-state index contributed by atoms with van der Waals surface area (Å²) in [5, 5.41) is 0. The van der Waals surface area contributed by atoms with Gasteiger partial charge in [-0.1, -0.05) is 12.8 Å². The highest BCUT2D eigenvalue weighted by Gasteiger charge is 2.38. The Bertz CT molecular complexity index is 518. The van der Waals surface area contributed by atoms with Crippen LogP contribution in [-0.4, -0.2) is 20.3 Å². The highest BCUT2D eigenvalue weighted by molar-refractivity contribution is 5.48. The van der Waals surface area contributed by atoms with Crippen molar-refractivity contribution in [2.24, 2.45) is 4.99 Å². The number of hydrogen-bond acceptors (Lipinski definition) is 4. The highest BCUT2D eigenvalue weighted by atomic mass is 19.1. The maximum Gasteiger partial charge on any atom is 0.235 e. The molecule has 1 aliphatic rings. The molecule has 1 fully saturated rings. The minimum Gasteiger partial charge on any atom is -0.496 e. The molecule has 0 unspecified atom stereocenters. The van der Waals surface area contributed by atoms with Gasteiger partial charge in [-0.05, 0) is 18.9 Å². The van der Waals surface area contributed by atoms with Crippen LogP contribution in [0.5, 0.6) is 11.5 Å². The second-order valence-corrected chi connectivity index (χ2v) is 4.63. The Kier molecular flexibility index (Phi) is 3.86. The van der Waals surface area contributed by atoms with Crippen LogP contribution in [0.25, 0.3) is 0 Å². The average Bonchev–Trinajstić information content (AvgIpc) is 2.88. The summed E-state index contributed by atoms with van der Waals surface area (Å²) < 4.78 is 24.1. The molecule has 1 aromatic rings. The van der Waals surface area contributed by atoms with Gasteiger partial charge in [-0.15, -0.1) is 0 Å². The summed E-state index contributed by atoms with van der Waals surface area (Å²) in [5.74, 6) is 0.119. The molecule has 1 aromatic carbocycles. The molecular weight excluding hydrogens is 249 g/mol. The molecule has 0 heterocycles. The Morgan fingerprint density at radius 1 is 1.21 bits per heavy atom. The standard InChI is InChI=1S/C14H16FNO3/c1-18-12-8-13(19-2)11(15)7-10(12)14(16-9-17)5-3-4-6-14/h7-8H,3-6H2,1-2H3. The second-order valence-electron chi connectivity index (χ2n) is 4.63. The smallest absolute Gasteiger partial charge is 0.235 e. The lowest BCUT2D eigenvalue weighted by molar-refractivity contribution is 0.356. The van der Waals surface area contributed by atoms with E-state index < -0.39 is 11.4 Å². The van der Waals surface area contributed by atoms with Crippen LogP contribution in [0.1, 0.15) is 31.2 Å². The topological polar surface area (TPSA) is 47.9 Å². The molecule has 19 heavy (non-hydrogen) atoms. The van der Waals surface area contributed by atoms with Gasteiger partial charge in [-0.25, -0.2) is 9.18 Å². The zero-order valence-electron chi connectivity index (χ0n) is 11.0. The number of isocyanates is 1. The first kappa shape index (κ1) is 13.6. The van der Waals surface area contributed by atoms with Gasteiger partial charge < -0.3 is 9.47 Å². The van der Waals surface area contributed by atoms with Crippen molar-refractivity contribution in [3.05, 3.63) is 23.5 Å². The molecule has 102 valence electrons. The second kappa shape index (κ2) is 5.41. The van der Waals surface area contributed by atoms with Crippen LogP contribution in [0.15, 0.2) is 17.1 Å². The van der Waals surface area contributed by atoms with E-state index in [2.05, 4.69) is 4.99 Å². The Balaban J connectivity index is 2.59. The van der Waals surface area contributed by atoms with Gasteiger partial charge in [0.1, 0.15) is 11.3 Å². The third kappa shape index (κ3) is 2.34. The molecule has 1 aliphatic carbocycles. The molecule has 0 amide bonds. The zero-order chi connectivity index (χ0) is 13.9. The number of benzene rings is 1. The molecule has 0 aromatic heterocycles. The molecule has 0 atom stereocenters. The third-order valence-electron chi connectivity index (χ3n) is 3.67. The third-order valence-corrected chi connectivity index (χ3v) is 3.67. The number of nitrogens with zero attached hydrogens (tertiary/aromatic N) is 1. The molecule has 0 aliphatic heterocycles. The maximum atomic E-state index is 13.9. The number of aliphatic imine (C=N–C) groups is 1. The van der Waals surface area contributed by atoms with Crippen LogP contribution in [0.2, 0.25) is 0 Å². The average molecular weight is 265 g/mol. The van der Waals surface area contributed by atoms with Crippen molar-refractivity contribution in [1.82, 2.24) is 0 Å². The Labute approximate surface area is 111 Å². The van der Waals surface area contributed by atoms with Crippen molar-refractivity contribution in [3.8, 4) is 11.5 Å². The normalized spacial score (nSPS) is 16.8. The van der Waals surface area contributed by atoms with Gasteiger partial charge in [0.15, 0.2) is 11.6 Å². The summed E-state index contributed by atoms with van der Waals surface area (Å²) in [6.07, 6.45) is 4.90. The lowest BCUT2D eigenvalue weighted by Crippen LogP contribution is -2.20. The van der Waals surface area contributed by atoms with Crippen LogP contribution < -0.4 is 9.47 Å². The fourth-order valence-corrected chi connectivity index (χ4v) is 2.71. The predicted octanol–water partition coefficient (Wildman–Crippen LogP) is 2.95. The van der Waals surface area contributed by atoms with E-state index in [-0.39, 0.29) is 5.75 Å². The van der Waals surface area contributed by atoms with Crippen molar-refractivity contribution in [1.29, 1.82) is 0 Å². The van der Waals surface area contributed by atoms with E-state index >= 15 is 0 Å². The molecular formula is C14H16FNO3. The number of carbonyl (C=O) groups excluding carboxylic acids is 1. The van der Waals surface area contributed by atoms with Gasteiger partial charge >= 0.3 is 0 Å². The van der Waals surface area contributed by atoms with Crippen molar-refractivity contribution >= 4 is 6.08 Å². The molecule has 0 radical (unpaired) electrons. The van der Waals surface area contributed by atoms with Crippen LogP contribution >= 0.6 is 0 Å². The first-order chi connectivity index (χ1) is 9.16. The lowest BCUT2D eigenvalue weighted by atomic mass is 9.88. The van der Waals surface area contributed by atoms with E-state index in [1.54, 1.807) is 6.08 Å². The summed E-state index contributed by atoms with van der Waals surface area (Å²) in [6, 6.07) is 2.84. The Morgan fingerprint density at radius 2 is 1.84 bits per heavy atom. The summed E-state index contributed by atoms with van der Waals surface area (Å²) in [7, 11) is 2.90. The number of hydrogen-bond donors (Lipinski definition) is 0. The van der Waals surface area contributed by atoms with Crippen molar-refractivity contribution in [3.63, 3.8) is 0 Å². The van der Waals surface area contributed by atoms with Crippen LogP contribution in [0.4, 0.5) is 4.39 Å². The van der Waals surface area contributed by atoms with E-state index in [0.717, 1.165) is 12.8 Å². The summed E-state index contributed by atoms with van der Waals surface area (Å²) in [4.78, 5) is 14.6. The maximum absolute atomic E-state index is 13.9. The van der Waals surface area contributed by atoms with E-state index in [9.17, 15) is 9.18 Å². The van der Waals surface area contributed by atoms with Gasteiger partial charge in [0, 0.05) is 11.6 Å². The van der Waals surface area contributed by atoms with Crippen molar-refractivity contribution in [2.45, 2.75) is 31.2 Å². The SMILES string of the molecule is COc1cc(OC)c(C2(N=C=O)CCCC2)cc1F. The zero-order valence-corrected chi connectivity index (χ0v) is 11.0. The van der Waals surface area contributed by atoms with E-state index in [0.29, 0.717) is 24.2 Å². The quantitative estimate of drug-likeness (QED) is 0.621. The Hall–Kier alpha value is -1.87. The van der Waals surface area contributed by atoms with E-state index in [1.807, 2.05) is 0 Å². The van der Waals surface area contributed by atoms with Gasteiger partial charge in [-0.2, -0.15) is 4.99 Å². The van der Waals surface area contributed by atoms with Gasteiger partial charge in [0.25, 0.3) is 0 Å². The Morgan fingerprint density at radius 3 is 2.37 bits per heavy atom. The summed E-state index contributed by atoms with van der Waals surface area (Å²) in [6.45, 7) is 0. The van der Waals surface area contributed by atoms with Crippen molar-refractivity contribution < 1.29 is 18.7 Å². The fraction of sp³-hybridized carbons (Fsp3) is 0.500. The van der Waals surface area contributed by atoms with Crippen LogP contribution in [0.3, 0.4) is 0 Å². The molecule has 0 spiro atoms. The van der Waals surface area contributed by atoms with Gasteiger partial charge in [-0.3, -0.25) is 0 Å². The van der Waals surface area contributed by atoms with Gasteiger partial charge in [0.2, 0.25) is 6.08 Å². The number of halogens is 1. The minimum atomic E-state index is -0.708. The summed E-state index contributed by atoms with van der Waals surface area (Å²) in [5.41, 5.74) is -0.116. The molecule has 1 saturated carbocycles. The summed E-state index contributed by atoms with van der Waals surface area (Å²) >= 11 is 0. The largest absolute Gasteiger partial charge is 0.496 e. The molecule has 0 bridgehead atoms. The first-order valence-corrected chi connectivity index (χ1v) is 6.18. The number of ether oxygens (including phenoxy) is 2. The monoisotopic (exact) mass is 265 g/mol. The lowest BCUT2D eigenvalue weighted by Gasteiger charge is -2.25. The predicted molar refractivity (Wildman–Crippen MR) is 67.8 cm³/mol. The fourth-order valence-electron chi connectivity index (χ4n) is 2.71. The molecule has 5 heteroatoms. The number of methoxy groups -OCH3 is 2. The number of rotatable bonds is 4.